The number of aliphatic imine (C=N–C) groups is 1. The lowest BCUT2D eigenvalue weighted by molar-refractivity contribution is 0.102. The second-order valence-corrected chi connectivity index (χ2v) is 8.25. The predicted molar refractivity (Wildman–Crippen MR) is 118 cm³/mol. The average molecular weight is 426 g/mol. The number of amides is 1. The van der Waals surface area contributed by atoms with Crippen molar-refractivity contribution in [3.05, 3.63) is 69.3 Å². The molecular weight excluding hydrogens is 406 g/mol. The Morgan fingerprint density at radius 2 is 2.03 bits per heavy atom. The molecule has 1 aromatic carbocycles. The van der Waals surface area contributed by atoms with Crippen LogP contribution in [0.25, 0.3) is 0 Å². The van der Waals surface area contributed by atoms with Crippen molar-refractivity contribution < 1.29 is 9.53 Å². The van der Waals surface area contributed by atoms with E-state index in [1.807, 2.05) is 12.1 Å². The van der Waals surface area contributed by atoms with E-state index in [9.17, 15) is 4.79 Å². The third-order valence-electron chi connectivity index (χ3n) is 4.83. The summed E-state index contributed by atoms with van der Waals surface area (Å²) in [6, 6.07) is 8.93. The van der Waals surface area contributed by atoms with Crippen LogP contribution in [0.4, 0.5) is 10.7 Å². The van der Waals surface area contributed by atoms with Crippen molar-refractivity contribution in [1.82, 2.24) is 4.98 Å². The van der Waals surface area contributed by atoms with Crippen molar-refractivity contribution in [1.29, 1.82) is 0 Å². The number of aryl methyl sites for hydroxylation is 1. The van der Waals surface area contributed by atoms with Gasteiger partial charge < -0.3 is 10.1 Å². The topological polar surface area (TPSA) is 63.6 Å². The highest BCUT2D eigenvalue weighted by Gasteiger charge is 2.25. The van der Waals surface area contributed by atoms with Crippen LogP contribution in [-0.2, 0) is 12.8 Å². The van der Waals surface area contributed by atoms with Gasteiger partial charge >= 0.3 is 0 Å². The molecule has 0 spiro atoms. The maximum Gasteiger partial charge on any atom is 0.259 e. The Hall–Kier alpha value is -2.70. The number of pyridine rings is 1. The van der Waals surface area contributed by atoms with Crippen LogP contribution in [0.1, 0.15) is 39.2 Å². The summed E-state index contributed by atoms with van der Waals surface area (Å²) in [4.78, 5) is 23.2. The zero-order valence-corrected chi connectivity index (χ0v) is 17.5. The van der Waals surface area contributed by atoms with Crippen LogP contribution in [0.5, 0.6) is 5.75 Å². The molecule has 0 fully saturated rings. The standard InChI is InChI=1S/C22H20ClN3O2S/c1-28-18-7-6-15(23)12-17(18)26-21(27)20-16-4-2-3-5-19(16)29-22(20)25-13-14-8-10-24-11-9-14/h6-13H,2-5H2,1H3,(H,26,27). The molecule has 7 heteroatoms. The Morgan fingerprint density at radius 3 is 2.83 bits per heavy atom. The summed E-state index contributed by atoms with van der Waals surface area (Å²) in [5.74, 6) is 0.375. The van der Waals surface area contributed by atoms with E-state index in [2.05, 4.69) is 15.3 Å². The van der Waals surface area contributed by atoms with E-state index in [0.717, 1.165) is 41.8 Å². The number of carbonyl (C=O) groups is 1. The van der Waals surface area contributed by atoms with Crippen molar-refractivity contribution >= 4 is 45.7 Å². The Labute approximate surface area is 178 Å². The highest BCUT2D eigenvalue weighted by Crippen LogP contribution is 2.40. The molecule has 4 rings (SSSR count). The summed E-state index contributed by atoms with van der Waals surface area (Å²) in [6.07, 6.45) is 9.33. The number of rotatable bonds is 5. The molecule has 5 nitrogen and oxygen atoms in total. The van der Waals surface area contributed by atoms with Crippen LogP contribution in [0.3, 0.4) is 0 Å². The van der Waals surface area contributed by atoms with Gasteiger partial charge in [-0.1, -0.05) is 11.6 Å². The number of thiophene rings is 1. The van der Waals surface area contributed by atoms with Crippen molar-refractivity contribution in [2.75, 3.05) is 12.4 Å². The predicted octanol–water partition coefficient (Wildman–Crippen LogP) is 5.69. The quantitative estimate of drug-likeness (QED) is 0.534. The maximum atomic E-state index is 13.3. The monoisotopic (exact) mass is 425 g/mol. The second-order valence-electron chi connectivity index (χ2n) is 6.73. The molecule has 2 aromatic heterocycles. The number of carbonyl (C=O) groups excluding carboxylic acids is 1. The molecule has 148 valence electrons. The molecule has 1 aliphatic rings. The van der Waals surface area contributed by atoms with Crippen molar-refractivity contribution in [3.63, 3.8) is 0 Å². The summed E-state index contributed by atoms with van der Waals surface area (Å²) in [7, 11) is 1.57. The molecule has 0 bridgehead atoms. The molecule has 0 unspecified atom stereocenters. The Kier molecular flexibility index (Phi) is 5.92. The van der Waals surface area contributed by atoms with Gasteiger partial charge in [0, 0.05) is 28.5 Å². The lowest BCUT2D eigenvalue weighted by Gasteiger charge is -2.14. The zero-order chi connectivity index (χ0) is 20.2. The highest BCUT2D eigenvalue weighted by atomic mass is 35.5. The molecule has 2 heterocycles. The van der Waals surface area contributed by atoms with Crippen LogP contribution in [0.2, 0.25) is 5.02 Å². The molecule has 1 N–H and O–H groups in total. The fraction of sp³-hybridized carbons (Fsp3) is 0.227. The molecular formula is C22H20ClN3O2S. The van der Waals surface area contributed by atoms with Crippen LogP contribution in [-0.4, -0.2) is 24.2 Å². The second kappa shape index (κ2) is 8.76. The number of nitrogens with zero attached hydrogens (tertiary/aromatic N) is 2. The van der Waals surface area contributed by atoms with E-state index in [-0.39, 0.29) is 5.91 Å². The molecule has 1 amide bonds. The van der Waals surface area contributed by atoms with Crippen molar-refractivity contribution in [2.45, 2.75) is 25.7 Å². The highest BCUT2D eigenvalue weighted by molar-refractivity contribution is 7.16. The smallest absolute Gasteiger partial charge is 0.259 e. The van der Waals surface area contributed by atoms with Gasteiger partial charge in [-0.15, -0.1) is 11.3 Å². The van der Waals surface area contributed by atoms with Gasteiger partial charge in [0.2, 0.25) is 0 Å². The number of ether oxygens (including phenoxy) is 1. The first-order valence-corrected chi connectivity index (χ1v) is 10.6. The van der Waals surface area contributed by atoms with Gasteiger partial charge in [0.05, 0.1) is 18.4 Å². The molecule has 0 radical (unpaired) electrons. The molecule has 0 saturated heterocycles. The third-order valence-corrected chi connectivity index (χ3v) is 6.26. The van der Waals surface area contributed by atoms with Gasteiger partial charge in [-0.2, -0.15) is 0 Å². The number of hydrogen-bond acceptors (Lipinski definition) is 5. The van der Waals surface area contributed by atoms with Gasteiger partial charge in [0.25, 0.3) is 5.91 Å². The normalized spacial score (nSPS) is 13.3. The van der Waals surface area contributed by atoms with Crippen LogP contribution >= 0.6 is 22.9 Å². The van der Waals surface area contributed by atoms with Gasteiger partial charge in [-0.05, 0) is 67.1 Å². The van der Waals surface area contributed by atoms with E-state index in [1.54, 1.807) is 55.3 Å². The van der Waals surface area contributed by atoms with Crippen LogP contribution in [0, 0.1) is 0 Å². The number of fused-ring (bicyclic) bond motifs is 1. The number of methoxy groups -OCH3 is 1. The fourth-order valence-corrected chi connectivity index (χ4v) is 4.82. The molecule has 0 saturated carbocycles. The molecule has 3 aromatic rings. The van der Waals surface area contributed by atoms with E-state index in [1.165, 1.54) is 4.88 Å². The minimum absolute atomic E-state index is 0.188. The number of aromatic nitrogens is 1. The molecule has 0 aliphatic heterocycles. The summed E-state index contributed by atoms with van der Waals surface area (Å²) in [6.45, 7) is 0. The lowest BCUT2D eigenvalue weighted by Crippen LogP contribution is -2.15. The SMILES string of the molecule is COc1ccc(Cl)cc1NC(=O)c1c(N=Cc2ccncc2)sc2c1CCCC2. The van der Waals surface area contributed by atoms with Crippen molar-refractivity contribution in [2.24, 2.45) is 4.99 Å². The van der Waals surface area contributed by atoms with Gasteiger partial charge in [-0.25, -0.2) is 4.99 Å². The van der Waals surface area contributed by atoms with Gasteiger partial charge in [0.15, 0.2) is 0 Å². The van der Waals surface area contributed by atoms with Crippen LogP contribution < -0.4 is 10.1 Å². The third kappa shape index (κ3) is 4.33. The maximum absolute atomic E-state index is 13.3. The Morgan fingerprint density at radius 1 is 1.24 bits per heavy atom. The van der Waals surface area contributed by atoms with Crippen LogP contribution in [0.15, 0.2) is 47.7 Å². The van der Waals surface area contributed by atoms with E-state index in [0.29, 0.717) is 22.0 Å². The zero-order valence-electron chi connectivity index (χ0n) is 15.9. The summed E-state index contributed by atoms with van der Waals surface area (Å²) in [5.41, 5.74) is 3.25. The number of nitrogens with one attached hydrogen (secondary N) is 1. The number of hydrogen-bond donors (Lipinski definition) is 1. The molecule has 1 aliphatic carbocycles. The number of anilines is 1. The number of halogens is 1. The molecule has 0 atom stereocenters. The lowest BCUT2D eigenvalue weighted by atomic mass is 9.95. The van der Waals surface area contributed by atoms with E-state index >= 15 is 0 Å². The minimum Gasteiger partial charge on any atom is -0.495 e. The minimum atomic E-state index is -0.188. The summed E-state index contributed by atoms with van der Waals surface area (Å²) >= 11 is 7.71. The largest absolute Gasteiger partial charge is 0.495 e. The Bertz CT molecular complexity index is 1060. The average Bonchev–Trinajstić information content (AvgIpc) is 3.12. The number of benzene rings is 1. The summed E-state index contributed by atoms with van der Waals surface area (Å²) < 4.78 is 5.36. The first-order chi connectivity index (χ1) is 14.2. The molecule has 29 heavy (non-hydrogen) atoms. The van der Waals surface area contributed by atoms with Gasteiger partial charge in [-0.3, -0.25) is 9.78 Å². The van der Waals surface area contributed by atoms with Crippen molar-refractivity contribution in [3.8, 4) is 5.75 Å². The first-order valence-electron chi connectivity index (χ1n) is 9.39. The fourth-order valence-electron chi connectivity index (χ4n) is 3.42. The van der Waals surface area contributed by atoms with Gasteiger partial charge in [0.1, 0.15) is 10.8 Å². The summed E-state index contributed by atoms with van der Waals surface area (Å²) in [5, 5.41) is 4.23. The van der Waals surface area contributed by atoms with E-state index < -0.39 is 0 Å². The van der Waals surface area contributed by atoms with E-state index in [4.69, 9.17) is 16.3 Å². The first kappa shape index (κ1) is 19.6. The Balaban J connectivity index is 1.70.